The first kappa shape index (κ1) is 15.1. The Morgan fingerprint density at radius 3 is 2.42 bits per heavy atom. The van der Waals surface area contributed by atoms with Crippen molar-refractivity contribution < 1.29 is 14.0 Å². The maximum absolute atomic E-state index is 13.6. The predicted molar refractivity (Wildman–Crippen MR) is 70.0 cm³/mol. The Kier molecular flexibility index (Phi) is 5.44. The third-order valence-electron chi connectivity index (χ3n) is 2.73. The Labute approximate surface area is 111 Å². The van der Waals surface area contributed by atoms with Crippen molar-refractivity contribution in [3.05, 3.63) is 35.6 Å². The van der Waals surface area contributed by atoms with E-state index in [0.717, 1.165) is 0 Å². The van der Waals surface area contributed by atoms with Crippen LogP contribution in [0.15, 0.2) is 24.3 Å². The highest BCUT2D eigenvalue weighted by Crippen LogP contribution is 2.16. The van der Waals surface area contributed by atoms with Crippen molar-refractivity contribution >= 4 is 11.9 Å². The van der Waals surface area contributed by atoms with Gasteiger partial charge < -0.3 is 5.32 Å². The first-order valence-corrected chi connectivity index (χ1v) is 5.98. The van der Waals surface area contributed by atoms with Crippen LogP contribution < -0.4 is 16.0 Å². The molecule has 1 unspecified atom stereocenters. The summed E-state index contributed by atoms with van der Waals surface area (Å²) in [6.07, 6.45) is 0. The third-order valence-corrected chi connectivity index (χ3v) is 2.73. The Balaban J connectivity index is 2.62. The van der Waals surface area contributed by atoms with Crippen LogP contribution in [-0.4, -0.2) is 25.0 Å². The summed E-state index contributed by atoms with van der Waals surface area (Å²) in [5.41, 5.74) is 0.474. The minimum atomic E-state index is -0.619. The molecule has 6 heteroatoms. The highest BCUT2D eigenvalue weighted by Gasteiger charge is 2.19. The Morgan fingerprint density at radius 2 is 1.84 bits per heavy atom. The lowest BCUT2D eigenvalue weighted by Gasteiger charge is -2.20. The molecule has 104 valence electrons. The number of urea groups is 1. The van der Waals surface area contributed by atoms with E-state index < -0.39 is 18.0 Å². The lowest BCUT2D eigenvalue weighted by atomic mass is 10.1. The van der Waals surface area contributed by atoms with E-state index in [9.17, 15) is 14.0 Å². The first-order chi connectivity index (χ1) is 8.95. The van der Waals surface area contributed by atoms with Crippen LogP contribution in [0.25, 0.3) is 0 Å². The summed E-state index contributed by atoms with van der Waals surface area (Å²) in [6, 6.07) is 4.81. The quantitative estimate of drug-likeness (QED) is 0.770. The molecule has 3 N–H and O–H groups in total. The summed E-state index contributed by atoms with van der Waals surface area (Å²) >= 11 is 0. The molecule has 0 spiro atoms. The topological polar surface area (TPSA) is 70.2 Å². The summed E-state index contributed by atoms with van der Waals surface area (Å²) in [4.78, 5) is 22.6. The van der Waals surface area contributed by atoms with Crippen LogP contribution in [0.4, 0.5) is 9.18 Å². The molecule has 0 heterocycles. The molecule has 5 nitrogen and oxygen atoms in total. The molecular formula is C13H18FN3O2. The minimum absolute atomic E-state index is 0.332. The van der Waals surface area contributed by atoms with Gasteiger partial charge in [0.2, 0.25) is 5.91 Å². The number of amides is 3. The number of hydrogen-bond donors (Lipinski definition) is 3. The number of hydrogen-bond acceptors (Lipinski definition) is 3. The van der Waals surface area contributed by atoms with Crippen molar-refractivity contribution in [1.29, 1.82) is 0 Å². The number of imide groups is 1. The van der Waals surface area contributed by atoms with E-state index in [1.807, 2.05) is 0 Å². The van der Waals surface area contributed by atoms with Crippen molar-refractivity contribution in [3.63, 3.8) is 0 Å². The normalized spacial score (nSPS) is 13.5. The van der Waals surface area contributed by atoms with Crippen LogP contribution in [0, 0.1) is 5.82 Å². The summed E-state index contributed by atoms with van der Waals surface area (Å²) in [5, 5.41) is 7.38. The smallest absolute Gasteiger partial charge is 0.321 e. The van der Waals surface area contributed by atoms with Gasteiger partial charge in [-0.2, -0.15) is 0 Å². The van der Waals surface area contributed by atoms with Gasteiger partial charge in [-0.25, -0.2) is 9.18 Å². The van der Waals surface area contributed by atoms with Crippen molar-refractivity contribution in [2.75, 3.05) is 7.05 Å². The highest BCUT2D eigenvalue weighted by molar-refractivity contribution is 5.96. The molecule has 0 aliphatic heterocycles. The molecule has 0 fully saturated rings. The molecule has 0 aliphatic carbocycles. The monoisotopic (exact) mass is 267 g/mol. The molecule has 0 saturated heterocycles. The largest absolute Gasteiger partial charge is 0.341 e. The van der Waals surface area contributed by atoms with Crippen LogP contribution in [-0.2, 0) is 4.79 Å². The van der Waals surface area contributed by atoms with Gasteiger partial charge in [-0.1, -0.05) is 18.2 Å². The molecule has 1 aromatic rings. The number of rotatable bonds is 4. The van der Waals surface area contributed by atoms with E-state index in [0.29, 0.717) is 5.56 Å². The zero-order chi connectivity index (χ0) is 14.4. The highest BCUT2D eigenvalue weighted by atomic mass is 19.1. The Morgan fingerprint density at radius 1 is 1.21 bits per heavy atom. The fraction of sp³-hybridized carbons (Fsp3) is 0.385. The van der Waals surface area contributed by atoms with E-state index in [1.165, 1.54) is 13.1 Å². The van der Waals surface area contributed by atoms with Crippen molar-refractivity contribution in [3.8, 4) is 0 Å². The Bertz CT molecular complexity index is 465. The van der Waals surface area contributed by atoms with Gasteiger partial charge in [0.05, 0.1) is 6.04 Å². The zero-order valence-corrected chi connectivity index (χ0v) is 11.2. The Hall–Kier alpha value is -1.95. The molecule has 1 rings (SSSR count). The average Bonchev–Trinajstić information content (AvgIpc) is 2.38. The standard InChI is InChI=1S/C13H18FN3O2/c1-8(10-6-4-5-7-11(10)14)16-9(2)12(18)17-13(19)15-3/h4-9,16H,1-3H3,(H2,15,17,18,19)/t8-,9?/m1/s1. The fourth-order valence-corrected chi connectivity index (χ4v) is 1.65. The van der Waals surface area contributed by atoms with E-state index in [1.54, 1.807) is 32.0 Å². The van der Waals surface area contributed by atoms with Crippen LogP contribution in [0.3, 0.4) is 0 Å². The molecule has 0 bridgehead atoms. The van der Waals surface area contributed by atoms with Crippen molar-refractivity contribution in [2.45, 2.75) is 25.9 Å². The maximum Gasteiger partial charge on any atom is 0.321 e. The third kappa shape index (κ3) is 4.33. The van der Waals surface area contributed by atoms with Crippen LogP contribution in [0.1, 0.15) is 25.5 Å². The number of benzene rings is 1. The lowest BCUT2D eigenvalue weighted by Crippen LogP contribution is -2.47. The fourth-order valence-electron chi connectivity index (χ4n) is 1.65. The van der Waals surface area contributed by atoms with Gasteiger partial charge in [-0.05, 0) is 19.9 Å². The van der Waals surface area contributed by atoms with Gasteiger partial charge in [0.15, 0.2) is 0 Å². The van der Waals surface area contributed by atoms with Gasteiger partial charge >= 0.3 is 6.03 Å². The van der Waals surface area contributed by atoms with Crippen LogP contribution >= 0.6 is 0 Å². The van der Waals surface area contributed by atoms with Crippen molar-refractivity contribution in [2.24, 2.45) is 0 Å². The second kappa shape index (κ2) is 6.84. The molecule has 19 heavy (non-hydrogen) atoms. The van der Waals surface area contributed by atoms with E-state index >= 15 is 0 Å². The van der Waals surface area contributed by atoms with E-state index in [2.05, 4.69) is 16.0 Å². The minimum Gasteiger partial charge on any atom is -0.341 e. The van der Waals surface area contributed by atoms with Gasteiger partial charge in [0, 0.05) is 18.7 Å². The first-order valence-electron chi connectivity index (χ1n) is 5.98. The molecule has 3 amide bonds. The van der Waals surface area contributed by atoms with Crippen molar-refractivity contribution in [1.82, 2.24) is 16.0 Å². The van der Waals surface area contributed by atoms with E-state index in [-0.39, 0.29) is 11.9 Å². The summed E-state index contributed by atoms with van der Waals surface area (Å²) in [6.45, 7) is 3.36. The lowest BCUT2D eigenvalue weighted by molar-refractivity contribution is -0.121. The second-order valence-corrected chi connectivity index (χ2v) is 4.20. The summed E-state index contributed by atoms with van der Waals surface area (Å²) in [7, 11) is 1.42. The summed E-state index contributed by atoms with van der Waals surface area (Å²) in [5.74, 6) is -0.802. The van der Waals surface area contributed by atoms with Crippen LogP contribution in [0.2, 0.25) is 0 Å². The maximum atomic E-state index is 13.6. The molecular weight excluding hydrogens is 249 g/mol. The van der Waals surface area contributed by atoms with Gasteiger partial charge in [-0.3, -0.25) is 15.4 Å². The van der Waals surface area contributed by atoms with Gasteiger partial charge in [-0.15, -0.1) is 0 Å². The molecule has 1 aromatic carbocycles. The molecule has 0 radical (unpaired) electrons. The van der Waals surface area contributed by atoms with Gasteiger partial charge in [0.25, 0.3) is 0 Å². The number of carbonyl (C=O) groups excluding carboxylic acids is 2. The molecule has 0 saturated carbocycles. The zero-order valence-electron chi connectivity index (χ0n) is 11.2. The number of carbonyl (C=O) groups is 2. The molecule has 0 aliphatic rings. The summed E-state index contributed by atoms with van der Waals surface area (Å²) < 4.78 is 13.6. The average molecular weight is 267 g/mol. The van der Waals surface area contributed by atoms with E-state index in [4.69, 9.17) is 0 Å². The number of nitrogens with one attached hydrogen (secondary N) is 3. The van der Waals surface area contributed by atoms with Gasteiger partial charge in [0.1, 0.15) is 5.82 Å². The molecule has 0 aromatic heterocycles. The SMILES string of the molecule is CNC(=O)NC(=O)C(C)N[C@H](C)c1ccccc1F. The second-order valence-electron chi connectivity index (χ2n) is 4.20. The van der Waals surface area contributed by atoms with Crippen LogP contribution in [0.5, 0.6) is 0 Å². The number of halogens is 1. The molecule has 2 atom stereocenters. The predicted octanol–water partition coefficient (Wildman–Crippen LogP) is 1.32.